The fraction of sp³-hybridized carbons (Fsp3) is 0.0909. The Bertz CT molecular complexity index is 532. The van der Waals surface area contributed by atoms with Crippen molar-refractivity contribution in [3.63, 3.8) is 0 Å². The Morgan fingerprint density at radius 3 is 2.67 bits per heavy atom. The van der Waals surface area contributed by atoms with E-state index in [-0.39, 0.29) is 0 Å². The Labute approximate surface area is 127 Å². The third-order valence-electron chi connectivity index (χ3n) is 1.88. The SMILES string of the molecule is N#Cc1c(Br)cccc1N/C=C\C(=O)C(Cl)(Cl)Cl. The zero-order valence-electron chi connectivity index (χ0n) is 8.75. The van der Waals surface area contributed by atoms with Crippen LogP contribution in [0, 0.1) is 11.3 Å². The molecule has 1 rings (SSSR count). The normalized spacial score (nSPS) is 11.3. The predicted octanol–water partition coefficient (Wildman–Crippen LogP) is 4.19. The first kappa shape index (κ1) is 15.3. The smallest absolute Gasteiger partial charge is 0.252 e. The van der Waals surface area contributed by atoms with Crippen molar-refractivity contribution in [2.75, 3.05) is 5.32 Å². The summed E-state index contributed by atoms with van der Waals surface area (Å²) >= 11 is 19.4. The largest absolute Gasteiger partial charge is 0.360 e. The number of hydrogen-bond donors (Lipinski definition) is 1. The lowest BCUT2D eigenvalue weighted by molar-refractivity contribution is -0.113. The van der Waals surface area contributed by atoms with Crippen molar-refractivity contribution in [3.8, 4) is 6.07 Å². The van der Waals surface area contributed by atoms with Crippen LogP contribution in [-0.4, -0.2) is 9.58 Å². The first-order chi connectivity index (χ1) is 8.36. The highest BCUT2D eigenvalue weighted by atomic mass is 79.9. The van der Waals surface area contributed by atoms with Gasteiger partial charge in [0.25, 0.3) is 3.79 Å². The van der Waals surface area contributed by atoms with Gasteiger partial charge in [-0.1, -0.05) is 40.9 Å². The summed E-state index contributed by atoms with van der Waals surface area (Å²) in [5.41, 5.74) is 0.962. The summed E-state index contributed by atoms with van der Waals surface area (Å²) in [7, 11) is 0. The minimum Gasteiger partial charge on any atom is -0.360 e. The summed E-state index contributed by atoms with van der Waals surface area (Å²) in [6.45, 7) is 0. The Morgan fingerprint density at radius 1 is 1.44 bits per heavy atom. The van der Waals surface area contributed by atoms with E-state index in [0.29, 0.717) is 15.7 Å². The van der Waals surface area contributed by atoms with Crippen molar-refractivity contribution in [2.45, 2.75) is 3.79 Å². The average molecular weight is 368 g/mol. The average Bonchev–Trinajstić information content (AvgIpc) is 2.28. The second-order valence-corrected chi connectivity index (χ2v) is 6.25. The van der Waals surface area contributed by atoms with E-state index in [1.807, 2.05) is 6.07 Å². The van der Waals surface area contributed by atoms with Gasteiger partial charge in [0, 0.05) is 16.7 Å². The van der Waals surface area contributed by atoms with Gasteiger partial charge >= 0.3 is 0 Å². The van der Waals surface area contributed by atoms with Crippen molar-refractivity contribution in [3.05, 3.63) is 40.5 Å². The molecule has 0 aliphatic heterocycles. The number of carbonyl (C=O) groups is 1. The molecule has 0 amide bonds. The summed E-state index contributed by atoms with van der Waals surface area (Å²) in [6.07, 6.45) is 2.40. The number of nitrogens with zero attached hydrogens (tertiary/aromatic N) is 1. The second kappa shape index (κ2) is 6.44. The van der Waals surface area contributed by atoms with E-state index in [1.54, 1.807) is 18.2 Å². The second-order valence-electron chi connectivity index (χ2n) is 3.11. The monoisotopic (exact) mass is 366 g/mol. The minimum atomic E-state index is -1.98. The number of carbonyl (C=O) groups excluding carboxylic acids is 1. The maximum Gasteiger partial charge on any atom is 0.252 e. The predicted molar refractivity (Wildman–Crippen MR) is 76.9 cm³/mol. The van der Waals surface area contributed by atoms with Crippen molar-refractivity contribution < 1.29 is 4.79 Å². The summed E-state index contributed by atoms with van der Waals surface area (Å²) in [6, 6.07) is 7.20. The van der Waals surface area contributed by atoms with Gasteiger partial charge in [0.15, 0.2) is 0 Å². The maximum atomic E-state index is 11.3. The van der Waals surface area contributed by atoms with Crippen LogP contribution in [-0.2, 0) is 4.79 Å². The van der Waals surface area contributed by atoms with Gasteiger partial charge in [-0.15, -0.1) is 0 Å². The van der Waals surface area contributed by atoms with Crippen LogP contribution in [0.3, 0.4) is 0 Å². The Balaban J connectivity index is 2.83. The number of nitriles is 1. The minimum absolute atomic E-state index is 0.420. The van der Waals surface area contributed by atoms with Crippen molar-refractivity contribution >= 4 is 62.2 Å². The summed E-state index contributed by atoms with van der Waals surface area (Å²) < 4.78 is -1.33. The molecule has 0 aromatic heterocycles. The molecule has 0 bridgehead atoms. The van der Waals surface area contributed by atoms with Crippen molar-refractivity contribution in [1.82, 2.24) is 0 Å². The van der Waals surface area contributed by atoms with Gasteiger partial charge in [-0.05, 0) is 28.1 Å². The van der Waals surface area contributed by atoms with E-state index in [1.165, 1.54) is 6.20 Å². The van der Waals surface area contributed by atoms with E-state index >= 15 is 0 Å². The highest BCUT2D eigenvalue weighted by molar-refractivity contribution is 9.10. The van der Waals surface area contributed by atoms with E-state index in [4.69, 9.17) is 40.1 Å². The standard InChI is InChI=1S/C11H6BrCl3N2O/c12-8-2-1-3-9(7(8)6-16)17-5-4-10(18)11(13,14)15/h1-5,17H/b5-4-. The number of ketones is 1. The summed E-state index contributed by atoms with van der Waals surface area (Å²) in [5.74, 6) is -0.673. The lowest BCUT2D eigenvalue weighted by Gasteiger charge is -2.06. The van der Waals surface area contributed by atoms with E-state index in [2.05, 4.69) is 21.2 Å². The Kier molecular flexibility index (Phi) is 5.48. The third-order valence-corrected chi connectivity index (χ3v) is 3.10. The zero-order chi connectivity index (χ0) is 13.8. The number of anilines is 1. The summed E-state index contributed by atoms with van der Waals surface area (Å²) in [4.78, 5) is 11.3. The molecule has 0 aliphatic carbocycles. The number of rotatable bonds is 3. The molecule has 0 aliphatic rings. The van der Waals surface area contributed by atoms with Gasteiger partial charge < -0.3 is 5.32 Å². The molecule has 0 atom stereocenters. The molecule has 7 heteroatoms. The van der Waals surface area contributed by atoms with Crippen LogP contribution < -0.4 is 5.32 Å². The molecular weight excluding hydrogens is 362 g/mol. The molecule has 1 aromatic rings. The number of hydrogen-bond acceptors (Lipinski definition) is 3. The molecule has 94 valence electrons. The fourth-order valence-electron chi connectivity index (χ4n) is 1.06. The molecule has 1 N–H and O–H groups in total. The van der Waals surface area contributed by atoms with E-state index in [9.17, 15) is 4.79 Å². The number of alkyl halides is 3. The Morgan fingerprint density at radius 2 is 2.11 bits per heavy atom. The van der Waals surface area contributed by atoms with Gasteiger partial charge in [0.2, 0.25) is 5.78 Å². The fourth-order valence-corrected chi connectivity index (χ4v) is 1.70. The lowest BCUT2D eigenvalue weighted by atomic mass is 10.2. The van der Waals surface area contributed by atoms with Gasteiger partial charge in [-0.3, -0.25) is 4.79 Å². The molecule has 0 radical (unpaired) electrons. The quantitative estimate of drug-likeness (QED) is 0.643. The number of nitrogens with one attached hydrogen (secondary N) is 1. The molecule has 18 heavy (non-hydrogen) atoms. The van der Waals surface area contributed by atoms with Gasteiger partial charge in [0.1, 0.15) is 6.07 Å². The van der Waals surface area contributed by atoms with Crippen molar-refractivity contribution in [2.24, 2.45) is 0 Å². The number of halogens is 4. The van der Waals surface area contributed by atoms with Gasteiger partial charge in [0.05, 0.1) is 11.3 Å². The van der Waals surface area contributed by atoms with Crippen molar-refractivity contribution in [1.29, 1.82) is 5.26 Å². The van der Waals surface area contributed by atoms with Crippen LogP contribution in [0.25, 0.3) is 0 Å². The molecule has 0 saturated heterocycles. The number of allylic oxidation sites excluding steroid dienone is 1. The maximum absolute atomic E-state index is 11.3. The van der Waals surface area contributed by atoms with Gasteiger partial charge in [-0.2, -0.15) is 5.26 Å². The van der Waals surface area contributed by atoms with Crippen LogP contribution in [0.4, 0.5) is 5.69 Å². The topological polar surface area (TPSA) is 52.9 Å². The van der Waals surface area contributed by atoms with Crippen LogP contribution in [0.15, 0.2) is 34.9 Å². The highest BCUT2D eigenvalue weighted by Gasteiger charge is 2.27. The summed E-state index contributed by atoms with van der Waals surface area (Å²) in [5, 5.41) is 11.7. The van der Waals surface area contributed by atoms with Crippen LogP contribution in [0.1, 0.15) is 5.56 Å². The molecule has 0 fully saturated rings. The molecule has 3 nitrogen and oxygen atoms in total. The molecule has 0 unspecified atom stereocenters. The van der Waals surface area contributed by atoms with E-state index in [0.717, 1.165) is 6.08 Å². The van der Waals surface area contributed by atoms with Gasteiger partial charge in [-0.25, -0.2) is 0 Å². The van der Waals surface area contributed by atoms with E-state index < -0.39 is 9.58 Å². The molecule has 1 aromatic carbocycles. The first-order valence-electron chi connectivity index (χ1n) is 4.59. The highest BCUT2D eigenvalue weighted by Crippen LogP contribution is 2.27. The zero-order valence-corrected chi connectivity index (χ0v) is 12.6. The van der Waals surface area contributed by atoms with Crippen LogP contribution in [0.2, 0.25) is 0 Å². The molecule has 0 spiro atoms. The first-order valence-corrected chi connectivity index (χ1v) is 6.52. The molecular formula is C11H6BrCl3N2O. The third kappa shape index (κ3) is 4.18. The molecule has 0 saturated carbocycles. The Hall–Kier alpha value is -0.730. The van der Waals surface area contributed by atoms with Crippen LogP contribution >= 0.6 is 50.7 Å². The number of benzene rings is 1. The van der Waals surface area contributed by atoms with Crippen LogP contribution in [0.5, 0.6) is 0 Å². The molecule has 0 heterocycles. The lowest BCUT2D eigenvalue weighted by Crippen LogP contribution is -2.15.